The molecule has 0 aliphatic heterocycles. The molecule has 3 rings (SSSR count). The van der Waals surface area contributed by atoms with Gasteiger partial charge in [0, 0.05) is 18.4 Å². The van der Waals surface area contributed by atoms with Gasteiger partial charge >= 0.3 is 0 Å². The molecule has 0 aromatic carbocycles. The number of hydrogen-bond acceptors (Lipinski definition) is 3. The summed E-state index contributed by atoms with van der Waals surface area (Å²) in [7, 11) is 0. The minimum absolute atomic E-state index is 0.0558. The second-order valence-corrected chi connectivity index (χ2v) is 5.88. The van der Waals surface area contributed by atoms with E-state index >= 15 is 0 Å². The summed E-state index contributed by atoms with van der Waals surface area (Å²) in [4.78, 5) is 29.3. The minimum atomic E-state index is -0.460. The fourth-order valence-corrected chi connectivity index (χ4v) is 3.21. The predicted molar refractivity (Wildman–Crippen MR) is 85.7 cm³/mol. The molecular formula is C17H21N3O2. The van der Waals surface area contributed by atoms with Crippen LogP contribution in [0.3, 0.4) is 0 Å². The van der Waals surface area contributed by atoms with Gasteiger partial charge in [0.2, 0.25) is 5.91 Å². The molecule has 1 unspecified atom stereocenters. The van der Waals surface area contributed by atoms with Gasteiger partial charge in [-0.3, -0.25) is 14.6 Å². The predicted octanol–water partition coefficient (Wildman–Crippen LogP) is 2.41. The van der Waals surface area contributed by atoms with Crippen LogP contribution in [0.1, 0.15) is 45.1 Å². The van der Waals surface area contributed by atoms with E-state index in [1.807, 2.05) is 6.92 Å². The molecule has 22 heavy (non-hydrogen) atoms. The second-order valence-electron chi connectivity index (χ2n) is 5.88. The summed E-state index contributed by atoms with van der Waals surface area (Å²) in [5, 5.41) is 3.64. The third-order valence-corrected chi connectivity index (χ3v) is 4.42. The molecule has 1 aliphatic rings. The summed E-state index contributed by atoms with van der Waals surface area (Å²) in [6, 6.07) is 5.09. The molecule has 0 radical (unpaired) electrons. The zero-order chi connectivity index (χ0) is 15.5. The number of carbonyl (C=O) groups is 1. The Morgan fingerprint density at radius 3 is 2.91 bits per heavy atom. The number of pyridine rings is 2. The van der Waals surface area contributed by atoms with Crippen molar-refractivity contribution in [2.24, 2.45) is 0 Å². The van der Waals surface area contributed by atoms with Gasteiger partial charge in [-0.25, -0.2) is 0 Å². The second kappa shape index (κ2) is 6.30. The number of carbonyl (C=O) groups excluding carboxylic acids is 1. The number of rotatable bonds is 4. The average Bonchev–Trinajstić information content (AvgIpc) is 3.03. The molecule has 1 N–H and O–H groups in total. The summed E-state index contributed by atoms with van der Waals surface area (Å²) in [5.41, 5.74) is 0.508. The molecule has 5 nitrogen and oxygen atoms in total. The topological polar surface area (TPSA) is 64.0 Å². The van der Waals surface area contributed by atoms with Crippen LogP contribution in [0.2, 0.25) is 0 Å². The lowest BCUT2D eigenvalue weighted by atomic mass is 10.1. The first-order chi connectivity index (χ1) is 10.7. The van der Waals surface area contributed by atoms with Crippen molar-refractivity contribution in [2.75, 3.05) is 0 Å². The Hall–Kier alpha value is -2.17. The molecule has 1 amide bonds. The summed E-state index contributed by atoms with van der Waals surface area (Å²) in [6.07, 6.45) is 8.35. The zero-order valence-electron chi connectivity index (χ0n) is 12.8. The minimum Gasteiger partial charge on any atom is -0.352 e. The van der Waals surface area contributed by atoms with Gasteiger partial charge in [-0.1, -0.05) is 19.8 Å². The summed E-state index contributed by atoms with van der Waals surface area (Å²) < 4.78 is 1.54. The van der Waals surface area contributed by atoms with E-state index in [1.54, 1.807) is 30.6 Å². The molecule has 1 atom stereocenters. The third-order valence-electron chi connectivity index (χ3n) is 4.42. The molecule has 2 aromatic heterocycles. The van der Waals surface area contributed by atoms with Gasteiger partial charge in [-0.05, 0) is 37.5 Å². The number of amides is 1. The normalized spacial score (nSPS) is 16.8. The molecule has 2 aromatic rings. The van der Waals surface area contributed by atoms with Crippen LogP contribution in [-0.2, 0) is 4.79 Å². The first kappa shape index (κ1) is 14.8. The Labute approximate surface area is 129 Å². The van der Waals surface area contributed by atoms with Crippen molar-refractivity contribution in [3.05, 3.63) is 40.9 Å². The third kappa shape index (κ3) is 2.75. The van der Waals surface area contributed by atoms with Gasteiger partial charge in [0.15, 0.2) is 0 Å². The Morgan fingerprint density at radius 1 is 1.41 bits per heavy atom. The van der Waals surface area contributed by atoms with E-state index in [0.29, 0.717) is 17.3 Å². The van der Waals surface area contributed by atoms with Crippen LogP contribution in [-0.4, -0.2) is 21.5 Å². The highest BCUT2D eigenvalue weighted by atomic mass is 16.2. The molecule has 0 spiro atoms. The van der Waals surface area contributed by atoms with Gasteiger partial charge in [0.1, 0.15) is 6.04 Å². The van der Waals surface area contributed by atoms with Crippen LogP contribution in [0.25, 0.3) is 10.9 Å². The molecule has 2 heterocycles. The van der Waals surface area contributed by atoms with Crippen LogP contribution in [0.15, 0.2) is 35.4 Å². The SMILES string of the molecule is CCC(C(=O)NC1CCCC1)n1ccc2ncccc2c1=O. The molecule has 0 saturated heterocycles. The maximum Gasteiger partial charge on any atom is 0.260 e. The van der Waals surface area contributed by atoms with Crippen molar-refractivity contribution < 1.29 is 4.79 Å². The molecule has 116 valence electrons. The highest BCUT2D eigenvalue weighted by molar-refractivity contribution is 5.82. The van der Waals surface area contributed by atoms with Crippen molar-refractivity contribution in [3.8, 4) is 0 Å². The van der Waals surface area contributed by atoms with E-state index in [1.165, 1.54) is 17.4 Å². The van der Waals surface area contributed by atoms with Crippen LogP contribution < -0.4 is 10.9 Å². The Morgan fingerprint density at radius 2 is 2.18 bits per heavy atom. The number of hydrogen-bond donors (Lipinski definition) is 1. The maximum absolute atomic E-state index is 12.6. The van der Waals surface area contributed by atoms with E-state index in [0.717, 1.165) is 12.8 Å². The van der Waals surface area contributed by atoms with Crippen LogP contribution in [0, 0.1) is 0 Å². The standard InChI is InChI=1S/C17H21N3O2/c1-2-15(16(21)19-12-6-3-4-7-12)20-11-9-14-13(17(20)22)8-5-10-18-14/h5,8-12,15H,2-4,6-7H2,1H3,(H,19,21). The maximum atomic E-state index is 12.6. The van der Waals surface area contributed by atoms with Crippen molar-refractivity contribution in [2.45, 2.75) is 51.1 Å². The van der Waals surface area contributed by atoms with E-state index in [-0.39, 0.29) is 17.5 Å². The van der Waals surface area contributed by atoms with E-state index in [4.69, 9.17) is 0 Å². The lowest BCUT2D eigenvalue weighted by Gasteiger charge is -2.21. The number of nitrogens with one attached hydrogen (secondary N) is 1. The molecule has 1 saturated carbocycles. The summed E-state index contributed by atoms with van der Waals surface area (Å²) in [5.74, 6) is -0.0558. The van der Waals surface area contributed by atoms with E-state index < -0.39 is 6.04 Å². The highest BCUT2D eigenvalue weighted by Gasteiger charge is 2.24. The number of nitrogens with zero attached hydrogens (tertiary/aromatic N) is 2. The molecule has 0 bridgehead atoms. The fraction of sp³-hybridized carbons (Fsp3) is 0.471. The molecular weight excluding hydrogens is 278 g/mol. The largest absolute Gasteiger partial charge is 0.352 e. The van der Waals surface area contributed by atoms with Crippen LogP contribution in [0.4, 0.5) is 0 Å². The first-order valence-corrected chi connectivity index (χ1v) is 7.97. The number of fused-ring (bicyclic) bond motifs is 1. The molecule has 1 aliphatic carbocycles. The van der Waals surface area contributed by atoms with Crippen molar-refractivity contribution in [1.29, 1.82) is 0 Å². The van der Waals surface area contributed by atoms with Crippen molar-refractivity contribution >= 4 is 16.8 Å². The molecule has 1 fully saturated rings. The van der Waals surface area contributed by atoms with E-state index in [9.17, 15) is 9.59 Å². The smallest absolute Gasteiger partial charge is 0.260 e. The van der Waals surface area contributed by atoms with Gasteiger partial charge in [-0.15, -0.1) is 0 Å². The Kier molecular flexibility index (Phi) is 4.22. The van der Waals surface area contributed by atoms with Gasteiger partial charge in [-0.2, -0.15) is 0 Å². The lowest BCUT2D eigenvalue weighted by molar-refractivity contribution is -0.125. The Balaban J connectivity index is 1.91. The van der Waals surface area contributed by atoms with Crippen molar-refractivity contribution in [3.63, 3.8) is 0 Å². The van der Waals surface area contributed by atoms with Crippen LogP contribution in [0.5, 0.6) is 0 Å². The zero-order valence-corrected chi connectivity index (χ0v) is 12.8. The first-order valence-electron chi connectivity index (χ1n) is 7.97. The van der Waals surface area contributed by atoms with Gasteiger partial charge < -0.3 is 9.88 Å². The quantitative estimate of drug-likeness (QED) is 0.943. The summed E-state index contributed by atoms with van der Waals surface area (Å²) in [6.45, 7) is 1.93. The molecule has 5 heteroatoms. The number of aromatic nitrogens is 2. The Bertz CT molecular complexity index is 732. The van der Waals surface area contributed by atoms with Crippen molar-refractivity contribution in [1.82, 2.24) is 14.9 Å². The van der Waals surface area contributed by atoms with Crippen LogP contribution >= 0.6 is 0 Å². The average molecular weight is 299 g/mol. The van der Waals surface area contributed by atoms with Gasteiger partial charge in [0.25, 0.3) is 5.56 Å². The lowest BCUT2D eigenvalue weighted by Crippen LogP contribution is -2.41. The summed E-state index contributed by atoms with van der Waals surface area (Å²) >= 11 is 0. The fourth-order valence-electron chi connectivity index (χ4n) is 3.21. The highest BCUT2D eigenvalue weighted by Crippen LogP contribution is 2.19. The van der Waals surface area contributed by atoms with Gasteiger partial charge in [0.05, 0.1) is 10.9 Å². The van der Waals surface area contributed by atoms with E-state index in [2.05, 4.69) is 10.3 Å². The monoisotopic (exact) mass is 299 g/mol.